The van der Waals surface area contributed by atoms with Gasteiger partial charge in [-0.15, -0.1) is 0 Å². The minimum Gasteiger partial charge on any atom is -0.489 e. The predicted octanol–water partition coefficient (Wildman–Crippen LogP) is 5.09. The summed E-state index contributed by atoms with van der Waals surface area (Å²) < 4.78 is 29.8. The number of nitrogens with zero attached hydrogens (tertiary/aromatic N) is 3. The number of carboxylic acids is 1. The first-order chi connectivity index (χ1) is 19.6. The van der Waals surface area contributed by atoms with E-state index in [9.17, 15) is 28.4 Å². The average molecular weight is 582 g/mol. The Hall–Kier alpha value is -4.12. The maximum atomic E-state index is 11.9. The van der Waals surface area contributed by atoms with Crippen molar-refractivity contribution in [2.45, 2.75) is 39.3 Å². The minimum atomic E-state index is -3.07. The Morgan fingerprint density at radius 2 is 1.76 bits per heavy atom. The van der Waals surface area contributed by atoms with Crippen molar-refractivity contribution in [3.8, 4) is 5.75 Å². The summed E-state index contributed by atoms with van der Waals surface area (Å²) >= 11 is 0. The Morgan fingerprint density at radius 3 is 2.39 bits per heavy atom. The highest BCUT2D eigenvalue weighted by atomic mass is 32.2. The molecule has 218 valence electrons. The molecule has 0 radical (unpaired) electrons. The Balaban J connectivity index is 1.46. The normalized spacial score (nSPS) is 14.4. The number of aryl methyl sites for hydroxylation is 1. The maximum absolute atomic E-state index is 11.9. The van der Waals surface area contributed by atoms with Gasteiger partial charge in [0, 0.05) is 55.8 Å². The van der Waals surface area contributed by atoms with E-state index in [1.807, 2.05) is 47.2 Å². The Bertz CT molecular complexity index is 1490. The Labute approximate surface area is 240 Å². The number of unbranched alkanes of at least 4 members (excludes halogenated alkanes) is 1. The summed E-state index contributed by atoms with van der Waals surface area (Å²) in [5, 5.41) is 20.9. The molecule has 1 aliphatic heterocycles. The monoisotopic (exact) mass is 581 g/mol. The fourth-order valence-electron chi connectivity index (χ4n) is 4.90. The van der Waals surface area contributed by atoms with E-state index >= 15 is 0 Å². The third-order valence-corrected chi connectivity index (χ3v) is 8.85. The number of hydrogen-bond donors (Lipinski definition) is 1. The first kappa shape index (κ1) is 29.9. The highest BCUT2D eigenvalue weighted by Gasteiger charge is 2.24. The number of hydrogen-bond acceptors (Lipinski definition) is 8. The zero-order valence-corrected chi connectivity index (χ0v) is 24.1. The van der Waals surface area contributed by atoms with E-state index in [2.05, 4.69) is 6.92 Å². The summed E-state index contributed by atoms with van der Waals surface area (Å²) in [7, 11) is -1.13. The van der Waals surface area contributed by atoms with Crippen LogP contribution >= 0.6 is 0 Å². The van der Waals surface area contributed by atoms with Crippen LogP contribution in [0.1, 0.15) is 46.8 Å². The predicted molar refractivity (Wildman–Crippen MR) is 159 cm³/mol. The van der Waals surface area contributed by atoms with Gasteiger partial charge in [-0.25, -0.2) is 13.2 Å². The number of ether oxygens (including phenoxy) is 1. The molecule has 0 atom stereocenters. The molecule has 1 heterocycles. The van der Waals surface area contributed by atoms with Gasteiger partial charge in [0.25, 0.3) is 5.69 Å². The summed E-state index contributed by atoms with van der Waals surface area (Å²) in [6.45, 7) is 3.42. The number of benzene rings is 3. The molecule has 1 N–H and O–H groups in total. The van der Waals surface area contributed by atoms with E-state index in [1.54, 1.807) is 18.2 Å². The molecule has 11 heteroatoms. The van der Waals surface area contributed by atoms with Crippen LogP contribution in [0.15, 0.2) is 60.7 Å². The van der Waals surface area contributed by atoms with E-state index in [4.69, 9.17) is 4.74 Å². The van der Waals surface area contributed by atoms with Crippen LogP contribution in [0, 0.1) is 10.1 Å². The topological polar surface area (TPSA) is 130 Å². The molecule has 0 amide bonds. The number of nitro benzene ring substituents is 1. The molecule has 1 saturated heterocycles. The highest BCUT2D eigenvalue weighted by Crippen LogP contribution is 2.29. The second-order valence-electron chi connectivity index (χ2n) is 10.2. The first-order valence-corrected chi connectivity index (χ1v) is 15.4. The van der Waals surface area contributed by atoms with Crippen molar-refractivity contribution in [3.05, 3.63) is 93.0 Å². The van der Waals surface area contributed by atoms with Crippen molar-refractivity contribution in [1.82, 2.24) is 0 Å². The molecule has 0 unspecified atom stereocenters. The first-order valence-electron chi connectivity index (χ1n) is 13.6. The van der Waals surface area contributed by atoms with Gasteiger partial charge in [-0.05, 0) is 54.3 Å². The van der Waals surface area contributed by atoms with Crippen molar-refractivity contribution in [1.29, 1.82) is 0 Å². The summed E-state index contributed by atoms with van der Waals surface area (Å²) in [5.74, 6) is -0.283. The number of rotatable bonds is 12. The molecule has 0 aromatic heterocycles. The third-order valence-electron chi connectivity index (χ3n) is 7.24. The lowest BCUT2D eigenvalue weighted by Gasteiger charge is -2.30. The molecular weight excluding hydrogens is 546 g/mol. The highest BCUT2D eigenvalue weighted by molar-refractivity contribution is 7.91. The number of non-ortho nitro benzene ring substituents is 1. The van der Waals surface area contributed by atoms with Crippen LogP contribution in [0.3, 0.4) is 0 Å². The van der Waals surface area contributed by atoms with E-state index in [1.165, 1.54) is 12.1 Å². The number of aromatic carboxylic acids is 1. The molecule has 41 heavy (non-hydrogen) atoms. The molecule has 1 aliphatic rings. The largest absolute Gasteiger partial charge is 0.489 e. The van der Waals surface area contributed by atoms with Crippen molar-refractivity contribution < 1.29 is 28.0 Å². The van der Waals surface area contributed by atoms with Crippen LogP contribution in [-0.2, 0) is 29.4 Å². The standard InChI is InChI=1S/C30H35N3O7S/c1-3-4-5-23-8-9-24(30(34)35)19-29(23)31(2)20-22-6-11-27(12-7-22)40-21-25-18-26(33(36)37)10-13-28(25)32-14-16-41(38,39)17-15-32/h6-13,18-19H,3-5,14-17,20-21H2,1-2H3,(H,34,35). The van der Waals surface area contributed by atoms with Gasteiger partial charge in [-0.2, -0.15) is 0 Å². The van der Waals surface area contributed by atoms with Gasteiger partial charge in [-0.1, -0.05) is 31.5 Å². The summed E-state index contributed by atoms with van der Waals surface area (Å²) in [5.41, 5.74) is 4.54. The second-order valence-corrected chi connectivity index (χ2v) is 12.6. The average Bonchev–Trinajstić information content (AvgIpc) is 2.95. The molecule has 3 aromatic rings. The number of carbonyl (C=O) groups is 1. The van der Waals surface area contributed by atoms with Gasteiger partial charge in [-0.3, -0.25) is 10.1 Å². The zero-order chi connectivity index (χ0) is 29.6. The van der Waals surface area contributed by atoms with E-state index in [-0.39, 0.29) is 29.4 Å². The van der Waals surface area contributed by atoms with Crippen LogP contribution in [0.5, 0.6) is 5.75 Å². The third kappa shape index (κ3) is 7.75. The molecule has 3 aromatic carbocycles. The van der Waals surface area contributed by atoms with E-state index in [0.717, 1.165) is 41.8 Å². The quantitative estimate of drug-likeness (QED) is 0.230. The molecule has 4 rings (SSSR count). The molecule has 1 fully saturated rings. The van der Waals surface area contributed by atoms with Crippen molar-refractivity contribution in [3.63, 3.8) is 0 Å². The number of carboxylic acid groups (broad SMARTS) is 1. The summed E-state index contributed by atoms with van der Waals surface area (Å²) in [4.78, 5) is 26.5. The fourth-order valence-corrected chi connectivity index (χ4v) is 6.11. The lowest BCUT2D eigenvalue weighted by molar-refractivity contribution is -0.384. The molecule has 0 aliphatic carbocycles. The molecular formula is C30H35N3O7S. The van der Waals surface area contributed by atoms with Crippen LogP contribution in [0.25, 0.3) is 0 Å². The van der Waals surface area contributed by atoms with Gasteiger partial charge in [0.15, 0.2) is 9.84 Å². The lowest BCUT2D eigenvalue weighted by atomic mass is 10.0. The zero-order valence-electron chi connectivity index (χ0n) is 23.3. The number of anilines is 2. The van der Waals surface area contributed by atoms with Crippen molar-refractivity contribution in [2.75, 3.05) is 41.4 Å². The summed E-state index contributed by atoms with van der Waals surface area (Å²) in [6.07, 6.45) is 2.93. The Kier molecular flexibility index (Phi) is 9.49. The van der Waals surface area contributed by atoms with Gasteiger partial charge in [0.1, 0.15) is 12.4 Å². The number of sulfone groups is 1. The number of nitro groups is 1. The van der Waals surface area contributed by atoms with E-state index in [0.29, 0.717) is 30.9 Å². The van der Waals surface area contributed by atoms with Crippen LogP contribution in [0.2, 0.25) is 0 Å². The Morgan fingerprint density at radius 1 is 1.05 bits per heavy atom. The van der Waals surface area contributed by atoms with Gasteiger partial charge in [0.2, 0.25) is 0 Å². The van der Waals surface area contributed by atoms with Gasteiger partial charge < -0.3 is 19.6 Å². The van der Waals surface area contributed by atoms with Crippen LogP contribution in [-0.4, -0.2) is 56.1 Å². The van der Waals surface area contributed by atoms with Crippen LogP contribution < -0.4 is 14.5 Å². The van der Waals surface area contributed by atoms with Gasteiger partial charge in [0.05, 0.1) is 22.0 Å². The van der Waals surface area contributed by atoms with Gasteiger partial charge >= 0.3 is 5.97 Å². The van der Waals surface area contributed by atoms with Crippen molar-refractivity contribution >= 4 is 32.9 Å². The lowest BCUT2D eigenvalue weighted by Crippen LogP contribution is -2.40. The second kappa shape index (κ2) is 13.0. The fraction of sp³-hybridized carbons (Fsp3) is 0.367. The molecule has 0 bridgehead atoms. The molecule has 10 nitrogen and oxygen atoms in total. The molecule has 0 saturated carbocycles. The van der Waals surface area contributed by atoms with Crippen molar-refractivity contribution in [2.24, 2.45) is 0 Å². The maximum Gasteiger partial charge on any atom is 0.335 e. The minimum absolute atomic E-state index is 0.0426. The smallest absolute Gasteiger partial charge is 0.335 e. The molecule has 0 spiro atoms. The summed E-state index contributed by atoms with van der Waals surface area (Å²) in [6, 6.07) is 17.4. The van der Waals surface area contributed by atoms with Crippen LogP contribution in [0.4, 0.5) is 17.1 Å². The SMILES string of the molecule is CCCCc1ccc(C(=O)O)cc1N(C)Cc1ccc(OCc2cc([N+](=O)[O-])ccc2N2CCS(=O)(=O)CC2)cc1. The van der Waals surface area contributed by atoms with E-state index < -0.39 is 20.7 Å².